The van der Waals surface area contributed by atoms with Crippen LogP contribution < -0.4 is 5.32 Å². The Balaban J connectivity index is 2.77. The molecule has 0 radical (unpaired) electrons. The summed E-state index contributed by atoms with van der Waals surface area (Å²) < 4.78 is 36.0. The number of carbonyl (C=O) groups excluding carboxylic acids is 1. The fourth-order valence-corrected chi connectivity index (χ4v) is 1.44. The van der Waals surface area contributed by atoms with Gasteiger partial charge in [0.2, 0.25) is 0 Å². The largest absolute Gasteiger partial charge is 0.405 e. The molecule has 1 aromatic rings. The maximum atomic E-state index is 12.0. The Hall–Kier alpha value is -2.00. The zero-order chi connectivity index (χ0) is 15.2. The maximum Gasteiger partial charge on any atom is 0.405 e. The van der Waals surface area contributed by atoms with Crippen LogP contribution in [0.25, 0.3) is 0 Å². The number of nitrogens with one attached hydrogen (secondary N) is 1. The Kier molecular flexibility index (Phi) is 5.59. The molecule has 3 nitrogen and oxygen atoms in total. The van der Waals surface area contributed by atoms with E-state index in [9.17, 15) is 18.0 Å². The zero-order valence-electron chi connectivity index (χ0n) is 10.8. The highest BCUT2D eigenvalue weighted by Crippen LogP contribution is 2.14. The summed E-state index contributed by atoms with van der Waals surface area (Å²) in [6.45, 7) is 0.316. The Morgan fingerprint density at radius 1 is 1.40 bits per heavy atom. The van der Waals surface area contributed by atoms with Gasteiger partial charge in [-0.1, -0.05) is 11.8 Å². The molecule has 0 fully saturated rings. The minimum Gasteiger partial charge on any atom is -0.395 e. The average molecular weight is 285 g/mol. The Morgan fingerprint density at radius 2 is 2.10 bits per heavy atom. The van der Waals surface area contributed by atoms with Crippen LogP contribution in [0.5, 0.6) is 0 Å². The van der Waals surface area contributed by atoms with Gasteiger partial charge in [0.15, 0.2) is 0 Å². The molecule has 0 atom stereocenters. The second kappa shape index (κ2) is 6.96. The third kappa shape index (κ3) is 5.33. The molecule has 0 heterocycles. The van der Waals surface area contributed by atoms with Crippen molar-refractivity contribution in [2.24, 2.45) is 0 Å². The maximum absolute atomic E-state index is 12.0. The quantitative estimate of drug-likeness (QED) is 0.835. The van der Waals surface area contributed by atoms with Gasteiger partial charge in [-0.25, -0.2) is 0 Å². The van der Waals surface area contributed by atoms with Crippen LogP contribution >= 0.6 is 0 Å². The lowest BCUT2D eigenvalue weighted by atomic mass is 10.0. The average Bonchev–Trinajstić information content (AvgIpc) is 2.37. The number of hydrogen-bond donors (Lipinski definition) is 2. The topological polar surface area (TPSA) is 49.3 Å². The van der Waals surface area contributed by atoms with E-state index in [1.54, 1.807) is 18.3 Å². The van der Waals surface area contributed by atoms with E-state index in [1.165, 1.54) is 12.1 Å². The van der Waals surface area contributed by atoms with Crippen molar-refractivity contribution in [2.45, 2.75) is 19.5 Å². The van der Waals surface area contributed by atoms with Crippen molar-refractivity contribution < 1.29 is 23.1 Å². The summed E-state index contributed by atoms with van der Waals surface area (Å²) in [4.78, 5) is 11.5. The SMILES string of the molecule is Cc1cc(C(=O)NCC(F)(F)F)ccc1C#CCCO. The Bertz CT molecular complexity index is 542. The van der Waals surface area contributed by atoms with E-state index in [0.29, 0.717) is 17.5 Å². The van der Waals surface area contributed by atoms with Crippen LogP contribution in [-0.4, -0.2) is 30.3 Å². The number of hydrogen-bond acceptors (Lipinski definition) is 2. The summed E-state index contributed by atoms with van der Waals surface area (Å²) in [5.74, 6) is 4.77. The lowest BCUT2D eigenvalue weighted by molar-refractivity contribution is -0.123. The first-order valence-electron chi connectivity index (χ1n) is 5.89. The van der Waals surface area contributed by atoms with Gasteiger partial charge in [-0.15, -0.1) is 0 Å². The van der Waals surface area contributed by atoms with E-state index in [-0.39, 0.29) is 12.2 Å². The summed E-state index contributed by atoms with van der Waals surface area (Å²) in [5.41, 5.74) is 1.51. The minimum absolute atomic E-state index is 0.0377. The molecule has 1 aromatic carbocycles. The summed E-state index contributed by atoms with van der Waals surface area (Å²) >= 11 is 0. The third-order valence-electron chi connectivity index (χ3n) is 2.40. The molecule has 0 aliphatic carbocycles. The second-order valence-corrected chi connectivity index (χ2v) is 4.10. The molecule has 0 aliphatic heterocycles. The fourth-order valence-electron chi connectivity index (χ4n) is 1.44. The van der Waals surface area contributed by atoms with Gasteiger partial charge in [-0.05, 0) is 30.7 Å². The Labute approximate surface area is 114 Å². The van der Waals surface area contributed by atoms with Crippen molar-refractivity contribution >= 4 is 5.91 Å². The van der Waals surface area contributed by atoms with Gasteiger partial charge >= 0.3 is 6.18 Å². The Morgan fingerprint density at radius 3 is 2.65 bits per heavy atom. The van der Waals surface area contributed by atoms with Gasteiger partial charge < -0.3 is 10.4 Å². The molecule has 108 valence electrons. The highest BCUT2D eigenvalue weighted by Gasteiger charge is 2.27. The van der Waals surface area contributed by atoms with Crippen molar-refractivity contribution in [2.75, 3.05) is 13.2 Å². The number of aliphatic hydroxyl groups excluding tert-OH is 1. The molecule has 0 spiro atoms. The summed E-state index contributed by atoms with van der Waals surface area (Å²) in [7, 11) is 0. The van der Waals surface area contributed by atoms with E-state index in [1.807, 2.05) is 0 Å². The number of carbonyl (C=O) groups is 1. The predicted octanol–water partition coefficient (Wildman–Crippen LogP) is 2.02. The van der Waals surface area contributed by atoms with Crippen LogP contribution in [0.2, 0.25) is 0 Å². The molecule has 0 saturated carbocycles. The highest BCUT2D eigenvalue weighted by atomic mass is 19.4. The number of halogens is 3. The van der Waals surface area contributed by atoms with E-state index in [2.05, 4.69) is 11.8 Å². The summed E-state index contributed by atoms with van der Waals surface area (Å²) in [6.07, 6.45) is -4.09. The molecule has 2 N–H and O–H groups in total. The number of alkyl halides is 3. The van der Waals surface area contributed by atoms with Crippen molar-refractivity contribution in [1.82, 2.24) is 5.32 Å². The number of aliphatic hydroxyl groups is 1. The normalized spacial score (nSPS) is 10.7. The summed E-state index contributed by atoms with van der Waals surface area (Å²) in [6, 6.07) is 4.47. The predicted molar refractivity (Wildman–Crippen MR) is 68.1 cm³/mol. The van der Waals surface area contributed by atoms with Crippen molar-refractivity contribution in [3.05, 3.63) is 34.9 Å². The summed E-state index contributed by atoms with van der Waals surface area (Å²) in [5, 5.41) is 10.4. The van der Waals surface area contributed by atoms with E-state index in [4.69, 9.17) is 5.11 Å². The van der Waals surface area contributed by atoms with Crippen molar-refractivity contribution in [3.8, 4) is 11.8 Å². The van der Waals surface area contributed by atoms with E-state index in [0.717, 1.165) is 0 Å². The van der Waals surface area contributed by atoms with Crippen LogP contribution in [0.15, 0.2) is 18.2 Å². The lowest BCUT2D eigenvalue weighted by Crippen LogP contribution is -2.33. The molecule has 1 rings (SSSR count). The zero-order valence-corrected chi connectivity index (χ0v) is 10.8. The smallest absolute Gasteiger partial charge is 0.395 e. The molecule has 20 heavy (non-hydrogen) atoms. The first-order valence-corrected chi connectivity index (χ1v) is 5.89. The van der Waals surface area contributed by atoms with Gasteiger partial charge in [0, 0.05) is 17.5 Å². The van der Waals surface area contributed by atoms with E-state index >= 15 is 0 Å². The molecular formula is C14H14F3NO2. The van der Waals surface area contributed by atoms with Gasteiger partial charge in [-0.3, -0.25) is 4.79 Å². The fraction of sp³-hybridized carbons (Fsp3) is 0.357. The third-order valence-corrected chi connectivity index (χ3v) is 2.40. The number of amides is 1. The minimum atomic E-state index is -4.43. The van der Waals surface area contributed by atoms with Crippen LogP contribution in [0.4, 0.5) is 13.2 Å². The van der Waals surface area contributed by atoms with Crippen LogP contribution in [0, 0.1) is 18.8 Å². The van der Waals surface area contributed by atoms with Gasteiger partial charge in [0.05, 0.1) is 6.61 Å². The first kappa shape index (κ1) is 16.1. The van der Waals surface area contributed by atoms with Gasteiger partial charge in [0.1, 0.15) is 6.54 Å². The number of benzene rings is 1. The molecule has 0 bridgehead atoms. The molecular weight excluding hydrogens is 271 g/mol. The van der Waals surface area contributed by atoms with E-state index < -0.39 is 18.6 Å². The van der Waals surface area contributed by atoms with Gasteiger partial charge in [-0.2, -0.15) is 13.2 Å². The molecule has 0 aliphatic rings. The standard InChI is InChI=1S/C14H14F3NO2/c1-10-8-12(13(20)18-9-14(15,16)17)6-5-11(10)4-2-3-7-19/h5-6,8,19H,3,7,9H2,1H3,(H,18,20). The number of aryl methyl sites for hydroxylation is 1. The molecule has 0 aromatic heterocycles. The second-order valence-electron chi connectivity index (χ2n) is 4.10. The molecule has 1 amide bonds. The van der Waals surface area contributed by atoms with Crippen molar-refractivity contribution in [1.29, 1.82) is 0 Å². The number of rotatable bonds is 3. The monoisotopic (exact) mass is 285 g/mol. The molecule has 0 unspecified atom stereocenters. The lowest BCUT2D eigenvalue weighted by Gasteiger charge is -2.09. The van der Waals surface area contributed by atoms with Crippen molar-refractivity contribution in [3.63, 3.8) is 0 Å². The molecule has 6 heteroatoms. The first-order chi connectivity index (χ1) is 9.33. The van der Waals surface area contributed by atoms with Crippen LogP contribution in [-0.2, 0) is 0 Å². The van der Waals surface area contributed by atoms with Gasteiger partial charge in [0.25, 0.3) is 5.91 Å². The molecule has 0 saturated heterocycles. The highest BCUT2D eigenvalue weighted by molar-refractivity contribution is 5.94. The van der Waals surface area contributed by atoms with Crippen LogP contribution in [0.3, 0.4) is 0 Å². The van der Waals surface area contributed by atoms with Crippen LogP contribution in [0.1, 0.15) is 27.9 Å².